The molecule has 9 heteroatoms. The Balaban J connectivity index is 2.26. The number of para-hydroxylation sites is 1. The first-order valence-corrected chi connectivity index (χ1v) is 12.1. The molecule has 0 heterocycles. The van der Waals surface area contributed by atoms with E-state index < -0.39 is 22.0 Å². The first kappa shape index (κ1) is 25.4. The molecule has 1 atom stereocenters. The van der Waals surface area contributed by atoms with Gasteiger partial charge in [-0.05, 0) is 62.6 Å². The largest absolute Gasteiger partial charge is 0.385 e. The van der Waals surface area contributed by atoms with Crippen LogP contribution in [0.4, 0.5) is 11.4 Å². The zero-order valence-electron chi connectivity index (χ0n) is 19.1. The molecule has 0 saturated heterocycles. The lowest BCUT2D eigenvalue weighted by Gasteiger charge is -2.29. The van der Waals surface area contributed by atoms with Crippen molar-refractivity contribution >= 4 is 33.2 Å². The van der Waals surface area contributed by atoms with Gasteiger partial charge in [0.25, 0.3) is 5.91 Å². The minimum Gasteiger partial charge on any atom is -0.385 e. The van der Waals surface area contributed by atoms with Gasteiger partial charge in [0.05, 0.1) is 23.2 Å². The molecule has 0 aliphatic carbocycles. The van der Waals surface area contributed by atoms with Crippen molar-refractivity contribution in [3.63, 3.8) is 0 Å². The Morgan fingerprint density at radius 1 is 1.09 bits per heavy atom. The number of nitrogens with zero attached hydrogens (tertiary/aromatic N) is 1. The number of sulfonamides is 1. The molecule has 0 aliphatic rings. The van der Waals surface area contributed by atoms with Gasteiger partial charge in [0.1, 0.15) is 6.04 Å². The van der Waals surface area contributed by atoms with Gasteiger partial charge in [0.2, 0.25) is 15.9 Å². The average molecular weight is 462 g/mol. The quantitative estimate of drug-likeness (QED) is 0.530. The number of amides is 2. The van der Waals surface area contributed by atoms with Gasteiger partial charge in [-0.15, -0.1) is 0 Å². The molecular weight excluding hydrogens is 430 g/mol. The number of methoxy groups -OCH3 is 1. The summed E-state index contributed by atoms with van der Waals surface area (Å²) in [6.45, 7) is 6.20. The topological polar surface area (TPSA) is 105 Å². The summed E-state index contributed by atoms with van der Waals surface area (Å²) in [5.41, 5.74) is 2.79. The summed E-state index contributed by atoms with van der Waals surface area (Å²) in [5, 5.41) is 5.50. The van der Waals surface area contributed by atoms with Gasteiger partial charge < -0.3 is 15.4 Å². The highest BCUT2D eigenvalue weighted by molar-refractivity contribution is 7.92. The molecule has 2 amide bonds. The second-order valence-electron chi connectivity index (χ2n) is 7.72. The standard InChI is InChI=1S/C23H31N3O5S/c1-16-13-17(2)15-19(14-16)26(32(5,29)30)18(3)22(27)25-21-10-7-6-9-20(21)23(28)24-11-8-12-31-4/h6-7,9-10,13-15,18H,8,11-12H2,1-5H3,(H,24,28)(H,25,27)/t18-/m1/s1. The van der Waals surface area contributed by atoms with E-state index in [0.717, 1.165) is 21.7 Å². The van der Waals surface area contributed by atoms with E-state index in [0.29, 0.717) is 36.5 Å². The highest BCUT2D eigenvalue weighted by atomic mass is 32.2. The number of rotatable bonds is 10. The van der Waals surface area contributed by atoms with Crippen LogP contribution >= 0.6 is 0 Å². The normalized spacial score (nSPS) is 12.2. The molecule has 0 aliphatic heterocycles. The maximum Gasteiger partial charge on any atom is 0.253 e. The van der Waals surface area contributed by atoms with Crippen LogP contribution in [-0.2, 0) is 19.6 Å². The third kappa shape index (κ3) is 6.80. The number of hydrogen-bond acceptors (Lipinski definition) is 5. The first-order valence-electron chi connectivity index (χ1n) is 10.3. The van der Waals surface area contributed by atoms with Crippen molar-refractivity contribution in [1.29, 1.82) is 0 Å². The van der Waals surface area contributed by atoms with Crippen LogP contribution in [0.25, 0.3) is 0 Å². The molecule has 174 valence electrons. The Morgan fingerprint density at radius 2 is 1.72 bits per heavy atom. The van der Waals surface area contributed by atoms with E-state index in [1.165, 1.54) is 6.92 Å². The Kier molecular flexibility index (Phi) is 8.80. The third-order valence-corrected chi connectivity index (χ3v) is 6.03. The number of benzene rings is 2. The highest BCUT2D eigenvalue weighted by Crippen LogP contribution is 2.25. The van der Waals surface area contributed by atoms with E-state index in [1.54, 1.807) is 43.5 Å². The summed E-state index contributed by atoms with van der Waals surface area (Å²) < 4.78 is 31.2. The molecule has 0 bridgehead atoms. The predicted octanol–water partition coefficient (Wildman–Crippen LogP) is 2.86. The van der Waals surface area contributed by atoms with E-state index in [9.17, 15) is 18.0 Å². The Hall–Kier alpha value is -2.91. The van der Waals surface area contributed by atoms with Crippen molar-refractivity contribution in [3.8, 4) is 0 Å². The molecule has 2 rings (SSSR count). The molecule has 0 fully saturated rings. The predicted molar refractivity (Wildman–Crippen MR) is 127 cm³/mol. The zero-order chi connectivity index (χ0) is 23.9. The first-order chi connectivity index (χ1) is 15.0. The van der Waals surface area contributed by atoms with Gasteiger partial charge in [0.15, 0.2) is 0 Å². The van der Waals surface area contributed by atoms with Crippen LogP contribution in [0.3, 0.4) is 0 Å². The van der Waals surface area contributed by atoms with Crippen molar-refractivity contribution < 1.29 is 22.7 Å². The molecule has 0 saturated carbocycles. The molecule has 0 spiro atoms. The minimum atomic E-state index is -3.75. The number of carbonyl (C=O) groups excluding carboxylic acids is 2. The Labute approximate surface area is 190 Å². The fourth-order valence-electron chi connectivity index (χ4n) is 3.43. The van der Waals surface area contributed by atoms with Crippen LogP contribution in [0.5, 0.6) is 0 Å². The highest BCUT2D eigenvalue weighted by Gasteiger charge is 2.30. The van der Waals surface area contributed by atoms with Crippen LogP contribution in [0.2, 0.25) is 0 Å². The maximum atomic E-state index is 13.1. The van der Waals surface area contributed by atoms with E-state index in [1.807, 2.05) is 19.9 Å². The Morgan fingerprint density at radius 3 is 2.31 bits per heavy atom. The van der Waals surface area contributed by atoms with Crippen LogP contribution < -0.4 is 14.9 Å². The van der Waals surface area contributed by atoms with Crippen molar-refractivity contribution in [2.45, 2.75) is 33.2 Å². The van der Waals surface area contributed by atoms with Gasteiger partial charge >= 0.3 is 0 Å². The summed E-state index contributed by atoms with van der Waals surface area (Å²) in [5.74, 6) is -0.881. The van der Waals surface area contributed by atoms with Crippen LogP contribution in [-0.4, -0.2) is 52.8 Å². The monoisotopic (exact) mass is 461 g/mol. The fourth-order valence-corrected chi connectivity index (χ4v) is 4.59. The van der Waals surface area contributed by atoms with Crippen molar-refractivity contribution in [2.75, 3.05) is 36.1 Å². The molecule has 0 aromatic heterocycles. The molecule has 2 aromatic carbocycles. The second-order valence-corrected chi connectivity index (χ2v) is 9.58. The van der Waals surface area contributed by atoms with E-state index >= 15 is 0 Å². The van der Waals surface area contributed by atoms with Crippen molar-refractivity contribution in [2.24, 2.45) is 0 Å². The third-order valence-electron chi connectivity index (χ3n) is 4.79. The minimum absolute atomic E-state index is 0.294. The van der Waals surface area contributed by atoms with E-state index in [2.05, 4.69) is 10.6 Å². The molecule has 32 heavy (non-hydrogen) atoms. The molecular formula is C23H31N3O5S. The lowest BCUT2D eigenvalue weighted by atomic mass is 10.1. The number of nitrogens with one attached hydrogen (secondary N) is 2. The van der Waals surface area contributed by atoms with Gasteiger partial charge in [-0.2, -0.15) is 0 Å². The van der Waals surface area contributed by atoms with E-state index in [-0.39, 0.29) is 5.91 Å². The smallest absolute Gasteiger partial charge is 0.253 e. The van der Waals surface area contributed by atoms with Gasteiger partial charge in [-0.3, -0.25) is 13.9 Å². The van der Waals surface area contributed by atoms with Crippen LogP contribution in [0.1, 0.15) is 34.8 Å². The number of hydrogen-bond donors (Lipinski definition) is 2. The number of carbonyl (C=O) groups is 2. The lowest BCUT2D eigenvalue weighted by molar-refractivity contribution is -0.116. The molecule has 0 unspecified atom stereocenters. The van der Waals surface area contributed by atoms with Gasteiger partial charge in [0, 0.05) is 20.3 Å². The Bertz CT molecular complexity index is 1050. The number of aryl methyl sites for hydroxylation is 2. The average Bonchev–Trinajstić information content (AvgIpc) is 2.69. The molecule has 2 aromatic rings. The van der Waals surface area contributed by atoms with Crippen LogP contribution in [0, 0.1) is 13.8 Å². The summed E-state index contributed by atoms with van der Waals surface area (Å²) in [7, 11) is -2.16. The number of ether oxygens (including phenoxy) is 1. The summed E-state index contributed by atoms with van der Waals surface area (Å²) >= 11 is 0. The SMILES string of the molecule is COCCCNC(=O)c1ccccc1NC(=O)[C@@H](C)N(c1cc(C)cc(C)c1)S(C)(=O)=O. The zero-order valence-corrected chi connectivity index (χ0v) is 20.0. The van der Waals surface area contributed by atoms with Crippen LogP contribution in [0.15, 0.2) is 42.5 Å². The van der Waals surface area contributed by atoms with Gasteiger partial charge in [-0.1, -0.05) is 18.2 Å². The molecule has 8 nitrogen and oxygen atoms in total. The molecule has 2 N–H and O–H groups in total. The fraction of sp³-hybridized carbons (Fsp3) is 0.391. The second kappa shape index (κ2) is 11.1. The maximum absolute atomic E-state index is 13.1. The molecule has 0 radical (unpaired) electrons. The van der Waals surface area contributed by atoms with E-state index in [4.69, 9.17) is 4.74 Å². The van der Waals surface area contributed by atoms with Gasteiger partial charge in [-0.25, -0.2) is 8.42 Å². The summed E-state index contributed by atoms with van der Waals surface area (Å²) in [6.07, 6.45) is 1.73. The lowest BCUT2D eigenvalue weighted by Crippen LogP contribution is -2.45. The van der Waals surface area contributed by atoms with Crippen molar-refractivity contribution in [1.82, 2.24) is 5.32 Å². The van der Waals surface area contributed by atoms with Crippen molar-refractivity contribution in [3.05, 3.63) is 59.2 Å². The number of anilines is 2. The summed E-state index contributed by atoms with van der Waals surface area (Å²) in [6, 6.07) is 10.9. The summed E-state index contributed by atoms with van der Waals surface area (Å²) in [4.78, 5) is 25.6.